The number of carbonyl (C=O) groups is 2. The first kappa shape index (κ1) is 40.9. The Hall–Kier alpha value is -1.14. The van der Waals surface area contributed by atoms with Gasteiger partial charge in [0.15, 0.2) is 0 Å². The Morgan fingerprint density at radius 1 is 0.452 bits per heavy atom. The standard InChI is InChI=1S/C36H74N4O2/c1-6-9-12-15-18-21-24-27-39(28-25-22-19-16-13-10-7-2)32-33-40(29-26-23-20-17-14-11-8-3)34-36(42)38(5)31-30-37(4)35-41/h35H,6-34H2,1-5H3. The lowest BCUT2D eigenvalue weighted by atomic mass is 10.1. The van der Waals surface area contributed by atoms with Gasteiger partial charge in [-0.3, -0.25) is 14.5 Å². The highest BCUT2D eigenvalue weighted by Crippen LogP contribution is 2.12. The minimum Gasteiger partial charge on any atom is -0.347 e. The monoisotopic (exact) mass is 595 g/mol. The molecule has 42 heavy (non-hydrogen) atoms. The number of likely N-dealkylation sites (N-methyl/N-ethyl adjacent to an activating group) is 2. The van der Waals surface area contributed by atoms with Gasteiger partial charge >= 0.3 is 0 Å². The fourth-order valence-corrected chi connectivity index (χ4v) is 5.56. The third-order valence-electron chi connectivity index (χ3n) is 8.72. The van der Waals surface area contributed by atoms with E-state index in [-0.39, 0.29) is 5.91 Å². The van der Waals surface area contributed by atoms with Gasteiger partial charge in [-0.1, -0.05) is 136 Å². The van der Waals surface area contributed by atoms with Gasteiger partial charge in [0.25, 0.3) is 0 Å². The van der Waals surface area contributed by atoms with Crippen molar-refractivity contribution in [3.8, 4) is 0 Å². The third kappa shape index (κ3) is 26.5. The summed E-state index contributed by atoms with van der Waals surface area (Å²) in [5.74, 6) is 0.169. The molecule has 0 aliphatic rings. The summed E-state index contributed by atoms with van der Waals surface area (Å²) < 4.78 is 0. The van der Waals surface area contributed by atoms with Gasteiger partial charge in [-0.05, 0) is 38.9 Å². The maximum absolute atomic E-state index is 13.1. The average molecular weight is 595 g/mol. The van der Waals surface area contributed by atoms with E-state index in [0.717, 1.165) is 26.0 Å². The maximum Gasteiger partial charge on any atom is 0.236 e. The molecule has 0 aromatic heterocycles. The largest absolute Gasteiger partial charge is 0.347 e. The van der Waals surface area contributed by atoms with E-state index in [1.165, 1.54) is 148 Å². The van der Waals surface area contributed by atoms with E-state index >= 15 is 0 Å². The summed E-state index contributed by atoms with van der Waals surface area (Å²) >= 11 is 0. The molecule has 0 aliphatic heterocycles. The first-order chi connectivity index (χ1) is 20.5. The molecule has 0 atom stereocenters. The summed E-state index contributed by atoms with van der Waals surface area (Å²) in [5, 5.41) is 0. The van der Waals surface area contributed by atoms with Crippen molar-refractivity contribution in [2.45, 2.75) is 156 Å². The van der Waals surface area contributed by atoms with Gasteiger partial charge in [0, 0.05) is 40.3 Å². The molecule has 0 fully saturated rings. The highest BCUT2D eigenvalue weighted by Gasteiger charge is 2.16. The smallest absolute Gasteiger partial charge is 0.236 e. The van der Waals surface area contributed by atoms with Crippen LogP contribution in [-0.4, -0.2) is 98.4 Å². The Bertz CT molecular complexity index is 571. The molecule has 0 unspecified atom stereocenters. The number of hydrogen-bond donors (Lipinski definition) is 0. The van der Waals surface area contributed by atoms with Gasteiger partial charge in [-0.15, -0.1) is 0 Å². The van der Waals surface area contributed by atoms with Crippen LogP contribution in [-0.2, 0) is 9.59 Å². The van der Waals surface area contributed by atoms with Crippen molar-refractivity contribution in [3.63, 3.8) is 0 Å². The first-order valence-corrected chi connectivity index (χ1v) is 18.3. The molecule has 0 radical (unpaired) electrons. The molecule has 0 bridgehead atoms. The van der Waals surface area contributed by atoms with Gasteiger partial charge in [-0.25, -0.2) is 0 Å². The zero-order valence-electron chi connectivity index (χ0n) is 29.2. The summed E-state index contributed by atoms with van der Waals surface area (Å²) in [7, 11) is 3.64. The second-order valence-corrected chi connectivity index (χ2v) is 12.9. The summed E-state index contributed by atoms with van der Waals surface area (Å²) in [6.45, 7) is 13.9. The van der Waals surface area contributed by atoms with Crippen molar-refractivity contribution < 1.29 is 9.59 Å². The van der Waals surface area contributed by atoms with Gasteiger partial charge in [-0.2, -0.15) is 0 Å². The number of amides is 2. The summed E-state index contributed by atoms with van der Waals surface area (Å²) in [4.78, 5) is 32.6. The second-order valence-electron chi connectivity index (χ2n) is 12.9. The molecular weight excluding hydrogens is 520 g/mol. The van der Waals surface area contributed by atoms with Crippen molar-refractivity contribution in [2.75, 3.05) is 66.5 Å². The van der Waals surface area contributed by atoms with Crippen LogP contribution in [0.25, 0.3) is 0 Å². The van der Waals surface area contributed by atoms with Gasteiger partial charge in [0.2, 0.25) is 12.3 Å². The summed E-state index contributed by atoms with van der Waals surface area (Å²) in [5.41, 5.74) is 0. The van der Waals surface area contributed by atoms with Crippen LogP contribution in [0.1, 0.15) is 156 Å². The van der Waals surface area contributed by atoms with E-state index in [1.54, 1.807) is 16.8 Å². The van der Waals surface area contributed by atoms with Gasteiger partial charge in [0.1, 0.15) is 0 Å². The molecule has 250 valence electrons. The Balaban J connectivity index is 4.91. The van der Waals surface area contributed by atoms with Crippen LogP contribution in [0.2, 0.25) is 0 Å². The molecule has 0 rings (SSSR count). The third-order valence-corrected chi connectivity index (χ3v) is 8.72. The number of hydrogen-bond acceptors (Lipinski definition) is 4. The highest BCUT2D eigenvalue weighted by atomic mass is 16.2. The van der Waals surface area contributed by atoms with Crippen LogP contribution in [0.3, 0.4) is 0 Å². The average Bonchev–Trinajstić information content (AvgIpc) is 2.99. The molecule has 0 saturated heterocycles. The fourth-order valence-electron chi connectivity index (χ4n) is 5.56. The van der Waals surface area contributed by atoms with E-state index in [9.17, 15) is 9.59 Å². The lowest BCUT2D eigenvalue weighted by Gasteiger charge is -2.29. The lowest BCUT2D eigenvalue weighted by Crippen LogP contribution is -2.44. The topological polar surface area (TPSA) is 47.1 Å². The number of carbonyl (C=O) groups excluding carboxylic acids is 2. The molecule has 0 aromatic carbocycles. The Labute approximate surface area is 263 Å². The summed E-state index contributed by atoms with van der Waals surface area (Å²) in [6, 6.07) is 0. The molecular formula is C36H74N4O2. The molecule has 0 aromatic rings. The van der Waals surface area contributed by atoms with Crippen molar-refractivity contribution >= 4 is 12.3 Å². The van der Waals surface area contributed by atoms with Crippen molar-refractivity contribution in [3.05, 3.63) is 0 Å². The molecule has 0 aliphatic carbocycles. The Kier molecular flexibility index (Phi) is 30.4. The predicted molar refractivity (Wildman–Crippen MR) is 183 cm³/mol. The Morgan fingerprint density at radius 2 is 0.810 bits per heavy atom. The lowest BCUT2D eigenvalue weighted by molar-refractivity contribution is -0.132. The Morgan fingerprint density at radius 3 is 1.21 bits per heavy atom. The molecule has 2 amide bonds. The number of unbranched alkanes of at least 4 members (excludes halogenated alkanes) is 18. The van der Waals surface area contributed by atoms with Crippen molar-refractivity contribution in [2.24, 2.45) is 0 Å². The normalized spacial score (nSPS) is 11.5. The minimum absolute atomic E-state index is 0.169. The van der Waals surface area contributed by atoms with E-state index in [1.807, 2.05) is 7.05 Å². The van der Waals surface area contributed by atoms with E-state index in [0.29, 0.717) is 19.6 Å². The fraction of sp³-hybridized carbons (Fsp3) is 0.944. The quantitative estimate of drug-likeness (QED) is 0.0565. The predicted octanol–water partition coefficient (Wildman–Crippen LogP) is 8.39. The highest BCUT2D eigenvalue weighted by molar-refractivity contribution is 5.78. The molecule has 6 nitrogen and oxygen atoms in total. The van der Waals surface area contributed by atoms with Crippen LogP contribution >= 0.6 is 0 Å². The molecule has 0 saturated carbocycles. The van der Waals surface area contributed by atoms with Crippen molar-refractivity contribution in [1.29, 1.82) is 0 Å². The van der Waals surface area contributed by atoms with E-state index in [4.69, 9.17) is 0 Å². The zero-order chi connectivity index (χ0) is 31.1. The van der Waals surface area contributed by atoms with E-state index < -0.39 is 0 Å². The van der Waals surface area contributed by atoms with Crippen LogP contribution in [0.5, 0.6) is 0 Å². The minimum atomic E-state index is 0.169. The van der Waals surface area contributed by atoms with Gasteiger partial charge in [0.05, 0.1) is 6.54 Å². The van der Waals surface area contributed by atoms with Crippen LogP contribution in [0.4, 0.5) is 0 Å². The molecule has 6 heteroatoms. The molecule has 0 N–H and O–H groups in total. The first-order valence-electron chi connectivity index (χ1n) is 18.3. The maximum atomic E-state index is 13.1. The zero-order valence-corrected chi connectivity index (χ0v) is 29.2. The van der Waals surface area contributed by atoms with Crippen LogP contribution < -0.4 is 0 Å². The van der Waals surface area contributed by atoms with Crippen LogP contribution in [0.15, 0.2) is 0 Å². The van der Waals surface area contributed by atoms with E-state index in [2.05, 4.69) is 30.6 Å². The number of rotatable bonds is 33. The summed E-state index contributed by atoms with van der Waals surface area (Å²) in [6.07, 6.45) is 28.9. The number of nitrogens with zero attached hydrogens (tertiary/aromatic N) is 4. The SMILES string of the molecule is CCCCCCCCCN(CCCCCCCCC)CCN(CCCCCCCCC)CC(=O)N(C)CCN(C)C=O. The molecule has 0 heterocycles. The van der Waals surface area contributed by atoms with Crippen LogP contribution in [0, 0.1) is 0 Å². The van der Waals surface area contributed by atoms with Gasteiger partial charge < -0.3 is 14.7 Å². The second kappa shape index (κ2) is 31.3. The molecule has 0 spiro atoms. The van der Waals surface area contributed by atoms with Crippen molar-refractivity contribution in [1.82, 2.24) is 19.6 Å².